The van der Waals surface area contributed by atoms with Crippen molar-refractivity contribution >= 4 is 123 Å². The van der Waals surface area contributed by atoms with Crippen LogP contribution in [0.2, 0.25) is 0 Å². The number of benzene rings is 8. The van der Waals surface area contributed by atoms with Gasteiger partial charge < -0.3 is 4.40 Å². The third kappa shape index (κ3) is 3.59. The van der Waals surface area contributed by atoms with E-state index in [1.807, 2.05) is 11.3 Å². The van der Waals surface area contributed by atoms with E-state index in [-0.39, 0.29) is 0 Å². The Morgan fingerprint density at radius 2 is 1.05 bits per heavy atom. The zero-order valence-electron chi connectivity index (χ0n) is 29.6. The fourth-order valence-corrected chi connectivity index (χ4v) is 12.1. The minimum absolute atomic E-state index is 0.689. The molecule has 6 heterocycles. The molecule has 6 aromatic heterocycles. The number of para-hydroxylation sites is 1. The van der Waals surface area contributed by atoms with Crippen molar-refractivity contribution in [2.75, 3.05) is 0 Å². The summed E-state index contributed by atoms with van der Waals surface area (Å²) in [6.45, 7) is 0. The van der Waals surface area contributed by atoms with Crippen LogP contribution in [-0.2, 0) is 0 Å². The highest BCUT2D eigenvalue weighted by Crippen LogP contribution is 2.50. The fraction of sp³-hybridized carbons (Fsp3) is 0. The topological polar surface area (TPSA) is 35.1 Å². The van der Waals surface area contributed by atoms with E-state index in [1.54, 1.807) is 11.3 Å². The number of hydrogen-bond acceptors (Lipinski definition) is 4. The average Bonchev–Trinajstić information content (AvgIpc) is 3.98. The third-order valence-corrected chi connectivity index (χ3v) is 14.3. The highest BCUT2D eigenvalue weighted by atomic mass is 32.1. The lowest BCUT2D eigenvalue weighted by atomic mass is 9.93. The summed E-state index contributed by atoms with van der Waals surface area (Å²) >= 11 is 3.64. The number of rotatable bonds is 3. The SMILES string of the molecule is c1ccc(-c2ccc(-c3nc(-n4c5ccc6sc7ccc8c9ccccc9n9c%10cccc4c%10c5c6c7c89)nc4sc5ccccc5c34)c3ccccc23)cc1. The summed E-state index contributed by atoms with van der Waals surface area (Å²) in [6, 6.07) is 57.6. The molecule has 0 saturated heterocycles. The second-order valence-electron chi connectivity index (χ2n) is 14.9. The molecule has 0 fully saturated rings. The molecule has 258 valence electrons. The molecule has 0 saturated carbocycles. The van der Waals surface area contributed by atoms with Gasteiger partial charge >= 0.3 is 0 Å². The number of thiophene rings is 2. The minimum atomic E-state index is 0.689. The third-order valence-electron chi connectivity index (χ3n) is 12.1. The Kier molecular flexibility index (Phi) is 5.51. The van der Waals surface area contributed by atoms with E-state index in [1.165, 1.54) is 90.3 Å². The standard InChI is InChI=1S/C50H26N4S2/c1-2-11-27(12-3-1)28-21-22-32(30-14-5-4-13-29(28)30)47-42-34-16-7-9-20-39(34)56-49(42)52-50(51-47)54-37-19-10-18-36-43(37)44-38(54)24-26-40-45(44)46-41(55-40)25-23-33-31-15-6-8-17-35(31)53(36)48(33)46/h1-26H. The van der Waals surface area contributed by atoms with E-state index in [9.17, 15) is 0 Å². The van der Waals surface area contributed by atoms with Crippen molar-refractivity contribution in [3.05, 3.63) is 158 Å². The van der Waals surface area contributed by atoms with E-state index < -0.39 is 0 Å². The summed E-state index contributed by atoms with van der Waals surface area (Å²) in [5, 5.41) is 12.4. The molecule has 6 heteroatoms. The lowest BCUT2D eigenvalue weighted by Gasteiger charge is -2.14. The normalized spacial score (nSPS) is 12.6. The van der Waals surface area contributed by atoms with Gasteiger partial charge in [-0.1, -0.05) is 115 Å². The molecule has 0 atom stereocenters. The number of nitrogens with zero attached hydrogens (tertiary/aromatic N) is 4. The van der Waals surface area contributed by atoms with Crippen LogP contribution < -0.4 is 0 Å². The second kappa shape index (κ2) is 10.5. The Morgan fingerprint density at radius 3 is 1.95 bits per heavy atom. The first-order valence-electron chi connectivity index (χ1n) is 18.9. The van der Waals surface area contributed by atoms with Crippen molar-refractivity contribution in [3.63, 3.8) is 0 Å². The maximum atomic E-state index is 5.70. The largest absolute Gasteiger partial charge is 0.308 e. The van der Waals surface area contributed by atoms with E-state index in [0.717, 1.165) is 32.5 Å². The quantitative estimate of drug-likeness (QED) is 0.180. The molecule has 0 bridgehead atoms. The summed E-state index contributed by atoms with van der Waals surface area (Å²) in [5.41, 5.74) is 10.4. The van der Waals surface area contributed by atoms with Crippen LogP contribution in [0.5, 0.6) is 0 Å². The molecule has 0 spiro atoms. The second-order valence-corrected chi connectivity index (χ2v) is 17.0. The van der Waals surface area contributed by atoms with Crippen molar-refractivity contribution in [1.29, 1.82) is 0 Å². The molecule has 14 rings (SSSR count). The molecule has 0 aliphatic carbocycles. The van der Waals surface area contributed by atoms with Crippen LogP contribution in [0.25, 0.3) is 129 Å². The molecule has 0 amide bonds. The Labute approximate surface area is 326 Å². The van der Waals surface area contributed by atoms with E-state index in [4.69, 9.17) is 9.97 Å². The van der Waals surface area contributed by atoms with Gasteiger partial charge in [-0.3, -0.25) is 4.57 Å². The molecule has 0 aliphatic heterocycles. The molecular formula is C50H26N4S2. The van der Waals surface area contributed by atoms with Crippen molar-refractivity contribution in [2.24, 2.45) is 0 Å². The monoisotopic (exact) mass is 746 g/mol. The van der Waals surface area contributed by atoms with E-state index in [2.05, 4.69) is 167 Å². The molecule has 0 unspecified atom stereocenters. The lowest BCUT2D eigenvalue weighted by molar-refractivity contribution is 1.02. The summed E-state index contributed by atoms with van der Waals surface area (Å²) in [5.74, 6) is 0.689. The molecule has 56 heavy (non-hydrogen) atoms. The predicted molar refractivity (Wildman–Crippen MR) is 239 cm³/mol. The van der Waals surface area contributed by atoms with Crippen molar-refractivity contribution in [1.82, 2.24) is 18.9 Å². The van der Waals surface area contributed by atoms with Gasteiger partial charge in [0.05, 0.1) is 33.3 Å². The highest BCUT2D eigenvalue weighted by Gasteiger charge is 2.27. The van der Waals surface area contributed by atoms with Gasteiger partial charge in [0, 0.05) is 62.8 Å². The summed E-state index contributed by atoms with van der Waals surface area (Å²) in [6.07, 6.45) is 0. The van der Waals surface area contributed by atoms with Gasteiger partial charge in [0.1, 0.15) is 4.83 Å². The fourth-order valence-electron chi connectivity index (χ4n) is 9.86. The zero-order chi connectivity index (χ0) is 36.2. The Morgan fingerprint density at radius 1 is 0.375 bits per heavy atom. The zero-order valence-corrected chi connectivity index (χ0v) is 31.2. The Hall–Kier alpha value is -6.86. The number of hydrogen-bond donors (Lipinski definition) is 0. The lowest BCUT2D eigenvalue weighted by Crippen LogP contribution is -2.03. The molecular weight excluding hydrogens is 721 g/mol. The molecule has 4 nitrogen and oxygen atoms in total. The maximum Gasteiger partial charge on any atom is 0.236 e. The van der Waals surface area contributed by atoms with Gasteiger partial charge in [0.25, 0.3) is 0 Å². The van der Waals surface area contributed by atoms with Gasteiger partial charge in [-0.05, 0) is 64.4 Å². The van der Waals surface area contributed by atoms with Crippen molar-refractivity contribution in [3.8, 4) is 28.3 Å². The summed E-state index contributed by atoms with van der Waals surface area (Å²) in [4.78, 5) is 12.2. The summed E-state index contributed by atoms with van der Waals surface area (Å²) < 4.78 is 8.68. The number of aromatic nitrogens is 4. The van der Waals surface area contributed by atoms with Crippen molar-refractivity contribution in [2.45, 2.75) is 0 Å². The molecule has 14 aromatic rings. The van der Waals surface area contributed by atoms with Crippen LogP contribution in [0, 0.1) is 0 Å². The van der Waals surface area contributed by atoms with Crippen LogP contribution >= 0.6 is 22.7 Å². The molecule has 8 aromatic carbocycles. The van der Waals surface area contributed by atoms with Crippen LogP contribution in [0.15, 0.2) is 158 Å². The molecule has 0 radical (unpaired) electrons. The number of fused-ring (bicyclic) bond motifs is 8. The van der Waals surface area contributed by atoms with Crippen LogP contribution in [0.1, 0.15) is 0 Å². The van der Waals surface area contributed by atoms with Crippen molar-refractivity contribution < 1.29 is 0 Å². The van der Waals surface area contributed by atoms with Gasteiger partial charge in [-0.15, -0.1) is 22.7 Å². The van der Waals surface area contributed by atoms with Gasteiger partial charge in [0.2, 0.25) is 5.95 Å². The molecule has 0 N–H and O–H groups in total. The first kappa shape index (κ1) is 29.5. The van der Waals surface area contributed by atoms with Gasteiger partial charge in [-0.2, -0.15) is 0 Å². The van der Waals surface area contributed by atoms with Crippen LogP contribution in [-0.4, -0.2) is 18.9 Å². The highest BCUT2D eigenvalue weighted by molar-refractivity contribution is 7.26. The maximum absolute atomic E-state index is 5.70. The van der Waals surface area contributed by atoms with Gasteiger partial charge in [0.15, 0.2) is 0 Å². The Balaban J connectivity index is 1.15. The first-order chi connectivity index (χ1) is 27.8. The smallest absolute Gasteiger partial charge is 0.236 e. The van der Waals surface area contributed by atoms with E-state index in [0.29, 0.717) is 5.95 Å². The minimum Gasteiger partial charge on any atom is -0.308 e. The van der Waals surface area contributed by atoms with Crippen LogP contribution in [0.4, 0.5) is 0 Å². The Bertz CT molecular complexity index is 3940. The first-order valence-corrected chi connectivity index (χ1v) is 20.6. The molecule has 0 aliphatic rings. The average molecular weight is 747 g/mol. The predicted octanol–water partition coefficient (Wildman–Crippen LogP) is 14.2. The van der Waals surface area contributed by atoms with Gasteiger partial charge in [-0.25, -0.2) is 9.97 Å². The van der Waals surface area contributed by atoms with Crippen LogP contribution in [0.3, 0.4) is 0 Å². The summed E-state index contributed by atoms with van der Waals surface area (Å²) in [7, 11) is 0. The van der Waals surface area contributed by atoms with E-state index >= 15 is 0 Å².